The predicted octanol–water partition coefficient (Wildman–Crippen LogP) is 0.972. The predicted molar refractivity (Wildman–Crippen MR) is 77.3 cm³/mol. The zero-order chi connectivity index (χ0) is 13.9. The number of nitrogens with zero attached hydrogens (tertiary/aromatic N) is 2. The highest BCUT2D eigenvalue weighted by atomic mass is 32.2. The molecule has 0 aliphatic heterocycles. The molecule has 2 rings (SSSR count). The molecule has 0 amide bonds. The second-order valence-corrected chi connectivity index (χ2v) is 7.56. The molecule has 0 spiro atoms. The van der Waals surface area contributed by atoms with E-state index in [1.165, 1.54) is 28.5 Å². The highest BCUT2D eigenvalue weighted by molar-refractivity contribution is 7.99. The van der Waals surface area contributed by atoms with E-state index < -0.39 is 9.84 Å². The van der Waals surface area contributed by atoms with Crippen LogP contribution in [-0.2, 0) is 15.6 Å². The van der Waals surface area contributed by atoms with Gasteiger partial charge in [0.25, 0.3) is 5.56 Å². The van der Waals surface area contributed by atoms with Crippen LogP contribution in [0.4, 0.5) is 0 Å². The van der Waals surface area contributed by atoms with E-state index in [1.807, 2.05) is 6.07 Å². The molecule has 0 saturated carbocycles. The van der Waals surface area contributed by atoms with Gasteiger partial charge in [-0.1, -0.05) is 6.07 Å². The highest BCUT2D eigenvalue weighted by Crippen LogP contribution is 2.10. The molecular weight excluding hydrogens is 284 g/mol. The van der Waals surface area contributed by atoms with Gasteiger partial charge in [0.05, 0.1) is 11.4 Å². The summed E-state index contributed by atoms with van der Waals surface area (Å²) in [7, 11) is -2.93. The third-order valence-electron chi connectivity index (χ3n) is 2.47. The first kappa shape index (κ1) is 14.1. The Kier molecular flexibility index (Phi) is 4.26. The van der Waals surface area contributed by atoms with Crippen molar-refractivity contribution in [1.29, 1.82) is 0 Å². The first-order valence-electron chi connectivity index (χ1n) is 5.68. The van der Waals surface area contributed by atoms with E-state index in [0.717, 1.165) is 0 Å². The summed E-state index contributed by atoms with van der Waals surface area (Å²) in [6.45, 7) is 0. The number of pyridine rings is 1. The van der Waals surface area contributed by atoms with E-state index >= 15 is 0 Å². The lowest BCUT2D eigenvalue weighted by atomic mass is 10.4. The fraction of sp³-hybridized carbons (Fsp3) is 0.333. The highest BCUT2D eigenvalue weighted by Gasteiger charge is 2.04. The molecule has 2 aromatic heterocycles. The fourth-order valence-electron chi connectivity index (χ4n) is 1.56. The zero-order valence-corrected chi connectivity index (χ0v) is 12.1. The number of hydrogen-bond acceptors (Lipinski definition) is 5. The minimum Gasteiger partial charge on any atom is -0.269 e. The molecule has 0 radical (unpaired) electrons. The molecule has 5 nitrogen and oxygen atoms in total. The van der Waals surface area contributed by atoms with Gasteiger partial charge >= 0.3 is 0 Å². The first-order valence-corrected chi connectivity index (χ1v) is 8.90. The van der Waals surface area contributed by atoms with Crippen LogP contribution in [0.15, 0.2) is 35.3 Å². The van der Waals surface area contributed by atoms with Gasteiger partial charge < -0.3 is 0 Å². The SMILES string of the molecule is CS(=O)(=O)CCSCc1cc(=O)n2ccccc2n1. The summed E-state index contributed by atoms with van der Waals surface area (Å²) in [5.41, 5.74) is 1.16. The normalized spacial score (nSPS) is 11.8. The molecule has 19 heavy (non-hydrogen) atoms. The number of aromatic nitrogens is 2. The van der Waals surface area contributed by atoms with Crippen molar-refractivity contribution in [2.24, 2.45) is 0 Å². The van der Waals surface area contributed by atoms with Crippen LogP contribution in [0, 0.1) is 0 Å². The summed E-state index contributed by atoms with van der Waals surface area (Å²) in [6, 6.07) is 6.85. The Bertz CT molecular complexity index is 738. The largest absolute Gasteiger partial charge is 0.269 e. The van der Waals surface area contributed by atoms with Crippen molar-refractivity contribution >= 4 is 27.2 Å². The summed E-state index contributed by atoms with van der Waals surface area (Å²) >= 11 is 1.46. The number of fused-ring (bicyclic) bond motifs is 1. The van der Waals surface area contributed by atoms with Crippen molar-refractivity contribution in [2.45, 2.75) is 5.75 Å². The lowest BCUT2D eigenvalue weighted by Gasteiger charge is -2.03. The summed E-state index contributed by atoms with van der Waals surface area (Å²) in [5, 5.41) is 0. The van der Waals surface area contributed by atoms with Crippen molar-refractivity contribution in [3.63, 3.8) is 0 Å². The van der Waals surface area contributed by atoms with Crippen LogP contribution in [0.25, 0.3) is 5.65 Å². The molecule has 0 bridgehead atoms. The molecular formula is C12H14N2O3S2. The molecule has 0 unspecified atom stereocenters. The smallest absolute Gasteiger partial charge is 0.258 e. The van der Waals surface area contributed by atoms with Crippen molar-refractivity contribution in [2.75, 3.05) is 17.8 Å². The van der Waals surface area contributed by atoms with Gasteiger partial charge in [0.1, 0.15) is 15.5 Å². The van der Waals surface area contributed by atoms with Crippen LogP contribution in [0.5, 0.6) is 0 Å². The number of rotatable bonds is 5. The van der Waals surface area contributed by atoms with E-state index in [-0.39, 0.29) is 11.3 Å². The van der Waals surface area contributed by atoms with Crippen molar-refractivity contribution < 1.29 is 8.42 Å². The summed E-state index contributed by atoms with van der Waals surface area (Å²) in [6.07, 6.45) is 2.89. The molecule has 0 atom stereocenters. The minimum atomic E-state index is -2.93. The van der Waals surface area contributed by atoms with Crippen LogP contribution in [-0.4, -0.2) is 35.6 Å². The molecule has 0 fully saturated rings. The second kappa shape index (κ2) is 5.75. The van der Waals surface area contributed by atoms with Crippen LogP contribution in [0.3, 0.4) is 0 Å². The molecule has 0 aliphatic carbocycles. The molecule has 2 heterocycles. The quantitative estimate of drug-likeness (QED) is 0.770. The maximum absolute atomic E-state index is 11.8. The van der Waals surface area contributed by atoms with E-state index in [4.69, 9.17) is 0 Å². The Morgan fingerprint density at radius 1 is 1.37 bits per heavy atom. The van der Waals surface area contributed by atoms with Crippen LogP contribution < -0.4 is 5.56 Å². The second-order valence-electron chi connectivity index (χ2n) is 4.20. The maximum Gasteiger partial charge on any atom is 0.258 e. The summed E-state index contributed by atoms with van der Waals surface area (Å²) < 4.78 is 23.5. The topological polar surface area (TPSA) is 68.5 Å². The molecule has 102 valence electrons. The standard InChI is InChI=1S/C12H14N2O3S2/c1-19(16,17)7-6-18-9-10-8-12(15)14-5-3-2-4-11(14)13-10/h2-5,8H,6-7,9H2,1H3. The number of thioether (sulfide) groups is 1. The minimum absolute atomic E-state index is 0.121. The van der Waals surface area contributed by atoms with E-state index in [0.29, 0.717) is 22.8 Å². The average molecular weight is 298 g/mol. The van der Waals surface area contributed by atoms with Gasteiger partial charge in [0.15, 0.2) is 0 Å². The van der Waals surface area contributed by atoms with Gasteiger partial charge in [0.2, 0.25) is 0 Å². The number of sulfone groups is 1. The van der Waals surface area contributed by atoms with E-state index in [1.54, 1.807) is 18.3 Å². The monoisotopic (exact) mass is 298 g/mol. The van der Waals surface area contributed by atoms with Crippen LogP contribution in [0.2, 0.25) is 0 Å². The molecule has 0 aliphatic rings. The van der Waals surface area contributed by atoms with Gasteiger partial charge in [-0.05, 0) is 12.1 Å². The Hall–Kier alpha value is -1.34. The lowest BCUT2D eigenvalue weighted by Crippen LogP contribution is -2.15. The van der Waals surface area contributed by atoms with Crippen LogP contribution in [0.1, 0.15) is 5.69 Å². The first-order chi connectivity index (χ1) is 8.96. The Labute approximate surface area is 115 Å². The third kappa shape index (κ3) is 4.07. The molecule has 0 N–H and O–H groups in total. The number of hydrogen-bond donors (Lipinski definition) is 0. The van der Waals surface area contributed by atoms with Gasteiger partial charge in [0, 0.05) is 30.0 Å². The maximum atomic E-state index is 11.8. The van der Waals surface area contributed by atoms with Gasteiger partial charge in [-0.25, -0.2) is 13.4 Å². The zero-order valence-electron chi connectivity index (χ0n) is 10.4. The Morgan fingerprint density at radius 2 is 2.16 bits per heavy atom. The van der Waals surface area contributed by atoms with Crippen molar-refractivity contribution in [3.05, 3.63) is 46.5 Å². The van der Waals surface area contributed by atoms with Crippen LogP contribution >= 0.6 is 11.8 Å². The Morgan fingerprint density at radius 3 is 2.89 bits per heavy atom. The van der Waals surface area contributed by atoms with E-state index in [2.05, 4.69) is 4.98 Å². The molecule has 2 aromatic rings. The average Bonchev–Trinajstić information content (AvgIpc) is 2.34. The van der Waals surface area contributed by atoms with Gasteiger partial charge in [-0.15, -0.1) is 0 Å². The third-order valence-corrected chi connectivity index (χ3v) is 4.67. The summed E-state index contributed by atoms with van der Waals surface area (Å²) in [5.74, 6) is 1.19. The van der Waals surface area contributed by atoms with E-state index in [9.17, 15) is 13.2 Å². The Balaban J connectivity index is 2.08. The summed E-state index contributed by atoms with van der Waals surface area (Å²) in [4.78, 5) is 16.2. The molecule has 0 saturated heterocycles. The van der Waals surface area contributed by atoms with Crippen molar-refractivity contribution in [3.8, 4) is 0 Å². The van der Waals surface area contributed by atoms with Crippen molar-refractivity contribution in [1.82, 2.24) is 9.38 Å². The van der Waals surface area contributed by atoms with Gasteiger partial charge in [-0.3, -0.25) is 9.20 Å². The lowest BCUT2D eigenvalue weighted by molar-refractivity contribution is 0.603. The molecule has 0 aromatic carbocycles. The fourth-order valence-corrected chi connectivity index (χ4v) is 3.75. The van der Waals surface area contributed by atoms with Gasteiger partial charge in [-0.2, -0.15) is 11.8 Å². The molecule has 7 heteroatoms.